The van der Waals surface area contributed by atoms with Crippen LogP contribution in [0.3, 0.4) is 0 Å². The van der Waals surface area contributed by atoms with Crippen molar-refractivity contribution >= 4 is 0 Å². The molecular formula is C12H25NO. The Morgan fingerprint density at radius 1 is 1.29 bits per heavy atom. The molecule has 0 atom stereocenters. The number of likely N-dealkylation sites (tertiary alicyclic amines) is 1. The first-order chi connectivity index (χ1) is 6.57. The third-order valence-electron chi connectivity index (χ3n) is 3.44. The van der Waals surface area contributed by atoms with Crippen molar-refractivity contribution < 1.29 is 4.74 Å². The van der Waals surface area contributed by atoms with Crippen LogP contribution < -0.4 is 0 Å². The Kier molecular flexibility index (Phi) is 4.39. The number of nitrogens with zero attached hydrogens (tertiary/aromatic N) is 1. The summed E-state index contributed by atoms with van der Waals surface area (Å²) in [7, 11) is 1.80. The van der Waals surface area contributed by atoms with Gasteiger partial charge in [0, 0.05) is 13.7 Å². The minimum absolute atomic E-state index is 0.0129. The van der Waals surface area contributed by atoms with Gasteiger partial charge < -0.3 is 9.64 Å². The summed E-state index contributed by atoms with van der Waals surface area (Å²) in [5.41, 5.74) is 0.0129. The molecule has 1 aliphatic heterocycles. The average Bonchev–Trinajstić information content (AvgIpc) is 2.19. The van der Waals surface area contributed by atoms with Gasteiger partial charge in [-0.3, -0.25) is 0 Å². The summed E-state index contributed by atoms with van der Waals surface area (Å²) in [6, 6.07) is 0. The van der Waals surface area contributed by atoms with Crippen molar-refractivity contribution in [3.63, 3.8) is 0 Å². The fourth-order valence-electron chi connectivity index (χ4n) is 2.16. The van der Waals surface area contributed by atoms with Crippen molar-refractivity contribution in [1.29, 1.82) is 0 Å². The fraction of sp³-hybridized carbons (Fsp3) is 1.00. The molecule has 1 saturated heterocycles. The van der Waals surface area contributed by atoms with Gasteiger partial charge in [0.15, 0.2) is 0 Å². The van der Waals surface area contributed by atoms with Gasteiger partial charge in [-0.1, -0.05) is 13.3 Å². The summed E-state index contributed by atoms with van der Waals surface area (Å²) in [5.74, 6) is 0.969. The van der Waals surface area contributed by atoms with Gasteiger partial charge in [-0.15, -0.1) is 0 Å². The molecule has 0 aromatic rings. The minimum Gasteiger partial charge on any atom is -0.377 e. The molecule has 1 aliphatic rings. The van der Waals surface area contributed by atoms with Gasteiger partial charge >= 0.3 is 0 Å². The molecule has 14 heavy (non-hydrogen) atoms. The van der Waals surface area contributed by atoms with Crippen molar-refractivity contribution in [3.8, 4) is 0 Å². The molecule has 0 unspecified atom stereocenters. The van der Waals surface area contributed by atoms with Crippen LogP contribution in [0.5, 0.6) is 0 Å². The second-order valence-electron chi connectivity index (χ2n) is 5.09. The SMILES string of the molecule is CCC1CCN(CC(C)(C)OC)CC1. The Morgan fingerprint density at radius 3 is 2.29 bits per heavy atom. The summed E-state index contributed by atoms with van der Waals surface area (Å²) in [4.78, 5) is 2.54. The number of piperidine rings is 1. The molecule has 0 N–H and O–H groups in total. The van der Waals surface area contributed by atoms with Crippen LogP contribution in [-0.4, -0.2) is 37.2 Å². The molecule has 0 aromatic heterocycles. The van der Waals surface area contributed by atoms with E-state index in [4.69, 9.17) is 4.74 Å². The Hall–Kier alpha value is -0.0800. The predicted octanol–water partition coefficient (Wildman–Crippen LogP) is 2.53. The van der Waals surface area contributed by atoms with Crippen LogP contribution in [0.1, 0.15) is 40.0 Å². The van der Waals surface area contributed by atoms with E-state index in [1.165, 1.54) is 32.4 Å². The summed E-state index contributed by atoms with van der Waals surface area (Å²) in [6.07, 6.45) is 4.09. The topological polar surface area (TPSA) is 12.5 Å². The lowest BCUT2D eigenvalue weighted by atomic mass is 9.93. The van der Waals surface area contributed by atoms with Gasteiger partial charge in [0.05, 0.1) is 5.60 Å². The quantitative estimate of drug-likeness (QED) is 0.690. The lowest BCUT2D eigenvalue weighted by molar-refractivity contribution is -0.0147. The van der Waals surface area contributed by atoms with Crippen molar-refractivity contribution in [2.75, 3.05) is 26.7 Å². The molecule has 1 heterocycles. The van der Waals surface area contributed by atoms with Gasteiger partial charge in [0.25, 0.3) is 0 Å². The molecule has 2 nitrogen and oxygen atoms in total. The van der Waals surface area contributed by atoms with E-state index in [1.54, 1.807) is 7.11 Å². The summed E-state index contributed by atoms with van der Waals surface area (Å²) in [6.45, 7) is 10.2. The lowest BCUT2D eigenvalue weighted by Gasteiger charge is -2.36. The van der Waals surface area contributed by atoms with Gasteiger partial charge in [-0.25, -0.2) is 0 Å². The molecule has 84 valence electrons. The van der Waals surface area contributed by atoms with E-state index in [9.17, 15) is 0 Å². The fourth-order valence-corrected chi connectivity index (χ4v) is 2.16. The highest BCUT2D eigenvalue weighted by Gasteiger charge is 2.24. The Labute approximate surface area is 88.6 Å². The van der Waals surface area contributed by atoms with E-state index in [-0.39, 0.29) is 5.60 Å². The third kappa shape index (κ3) is 3.58. The van der Waals surface area contributed by atoms with E-state index in [2.05, 4.69) is 25.7 Å². The van der Waals surface area contributed by atoms with Crippen LogP contribution in [0.2, 0.25) is 0 Å². The number of methoxy groups -OCH3 is 1. The normalized spacial score (nSPS) is 21.4. The Morgan fingerprint density at radius 2 is 1.86 bits per heavy atom. The lowest BCUT2D eigenvalue weighted by Crippen LogP contribution is -2.43. The number of ether oxygens (including phenoxy) is 1. The molecule has 0 spiro atoms. The van der Waals surface area contributed by atoms with Gasteiger partial charge in [-0.05, 0) is 45.7 Å². The van der Waals surface area contributed by atoms with Crippen LogP contribution in [0, 0.1) is 5.92 Å². The van der Waals surface area contributed by atoms with Crippen molar-refractivity contribution in [2.45, 2.75) is 45.6 Å². The maximum atomic E-state index is 5.45. The zero-order valence-corrected chi connectivity index (χ0v) is 10.2. The first-order valence-electron chi connectivity index (χ1n) is 5.85. The highest BCUT2D eigenvalue weighted by Crippen LogP contribution is 2.21. The zero-order chi connectivity index (χ0) is 10.6. The van der Waals surface area contributed by atoms with Crippen LogP contribution >= 0.6 is 0 Å². The second-order valence-corrected chi connectivity index (χ2v) is 5.09. The van der Waals surface area contributed by atoms with Gasteiger partial charge in [-0.2, -0.15) is 0 Å². The second kappa shape index (κ2) is 5.13. The maximum absolute atomic E-state index is 5.45. The van der Waals surface area contributed by atoms with Crippen LogP contribution in [0.4, 0.5) is 0 Å². The predicted molar refractivity (Wildman–Crippen MR) is 60.5 cm³/mol. The van der Waals surface area contributed by atoms with E-state index in [0.717, 1.165) is 12.5 Å². The van der Waals surface area contributed by atoms with E-state index >= 15 is 0 Å². The molecule has 1 fully saturated rings. The first kappa shape index (κ1) is 12.0. The molecule has 2 heteroatoms. The molecule has 0 aliphatic carbocycles. The Bertz CT molecular complexity index is 160. The largest absolute Gasteiger partial charge is 0.377 e. The molecule has 0 bridgehead atoms. The highest BCUT2D eigenvalue weighted by molar-refractivity contribution is 4.78. The Balaban J connectivity index is 2.28. The van der Waals surface area contributed by atoms with E-state index in [1.807, 2.05) is 0 Å². The summed E-state index contributed by atoms with van der Waals surface area (Å²) < 4.78 is 5.45. The molecule has 1 rings (SSSR count). The maximum Gasteiger partial charge on any atom is 0.0749 e. The van der Waals surface area contributed by atoms with E-state index in [0.29, 0.717) is 0 Å². The molecular weight excluding hydrogens is 174 g/mol. The van der Waals surface area contributed by atoms with Gasteiger partial charge in [0.2, 0.25) is 0 Å². The molecule has 0 amide bonds. The number of hydrogen-bond donors (Lipinski definition) is 0. The molecule has 0 radical (unpaired) electrons. The number of rotatable bonds is 4. The van der Waals surface area contributed by atoms with Crippen LogP contribution in [0.25, 0.3) is 0 Å². The smallest absolute Gasteiger partial charge is 0.0749 e. The highest BCUT2D eigenvalue weighted by atomic mass is 16.5. The summed E-state index contributed by atoms with van der Waals surface area (Å²) in [5, 5.41) is 0. The summed E-state index contributed by atoms with van der Waals surface area (Å²) >= 11 is 0. The van der Waals surface area contributed by atoms with Gasteiger partial charge in [0.1, 0.15) is 0 Å². The zero-order valence-electron chi connectivity index (χ0n) is 10.2. The molecule has 0 saturated carbocycles. The van der Waals surface area contributed by atoms with E-state index < -0.39 is 0 Å². The van der Waals surface area contributed by atoms with Crippen molar-refractivity contribution in [1.82, 2.24) is 4.90 Å². The number of hydrogen-bond acceptors (Lipinski definition) is 2. The van der Waals surface area contributed by atoms with Crippen molar-refractivity contribution in [2.24, 2.45) is 5.92 Å². The average molecular weight is 199 g/mol. The van der Waals surface area contributed by atoms with Crippen LogP contribution in [0.15, 0.2) is 0 Å². The first-order valence-corrected chi connectivity index (χ1v) is 5.85. The van der Waals surface area contributed by atoms with Crippen LogP contribution in [-0.2, 0) is 4.74 Å². The standard InChI is InChI=1S/C12H25NO/c1-5-11-6-8-13(9-7-11)10-12(2,3)14-4/h11H,5-10H2,1-4H3. The monoisotopic (exact) mass is 199 g/mol. The van der Waals surface area contributed by atoms with Crippen molar-refractivity contribution in [3.05, 3.63) is 0 Å². The minimum atomic E-state index is 0.0129. The molecule has 0 aromatic carbocycles. The third-order valence-corrected chi connectivity index (χ3v) is 3.44.